The Kier molecular flexibility index (Phi) is 1.96. The summed E-state index contributed by atoms with van der Waals surface area (Å²) in [5.74, 6) is -0.667. The average molecular weight is 191 g/mol. The van der Waals surface area contributed by atoms with Gasteiger partial charge in [-0.1, -0.05) is 12.1 Å². The number of anilines is 1. The van der Waals surface area contributed by atoms with Gasteiger partial charge in [0, 0.05) is 18.2 Å². The Morgan fingerprint density at radius 1 is 1.43 bits per heavy atom. The van der Waals surface area contributed by atoms with Crippen LogP contribution < -0.4 is 5.32 Å². The van der Waals surface area contributed by atoms with Gasteiger partial charge < -0.3 is 10.1 Å². The summed E-state index contributed by atoms with van der Waals surface area (Å²) >= 11 is 0. The maximum atomic E-state index is 11.6. The highest BCUT2D eigenvalue weighted by Gasteiger charge is 2.31. The smallest absolute Gasteiger partial charge is 0.304 e. The number of nitrogens with one attached hydrogen (secondary N) is 1. The van der Waals surface area contributed by atoms with Crippen molar-refractivity contribution < 1.29 is 14.3 Å². The molecule has 4 nitrogen and oxygen atoms in total. The van der Waals surface area contributed by atoms with Crippen molar-refractivity contribution in [1.29, 1.82) is 0 Å². The van der Waals surface area contributed by atoms with E-state index in [1.54, 1.807) is 18.2 Å². The maximum Gasteiger partial charge on any atom is 0.304 e. The van der Waals surface area contributed by atoms with E-state index in [1.807, 2.05) is 6.07 Å². The highest BCUT2D eigenvalue weighted by molar-refractivity contribution is 6.10. The molecule has 0 bridgehead atoms. The van der Waals surface area contributed by atoms with Gasteiger partial charge >= 0.3 is 5.97 Å². The lowest BCUT2D eigenvalue weighted by Gasteiger charge is -2.08. The number of esters is 1. The van der Waals surface area contributed by atoms with E-state index in [0.29, 0.717) is 11.3 Å². The van der Waals surface area contributed by atoms with Crippen LogP contribution in [0.25, 0.3) is 0 Å². The number of Topliss-reactive ketones (excluding diaryl/α,β-unsaturated/α-hetero) is 1. The molecular weight excluding hydrogens is 182 g/mol. The van der Waals surface area contributed by atoms with Gasteiger partial charge in [0.25, 0.3) is 0 Å². The zero-order valence-electron chi connectivity index (χ0n) is 7.61. The molecular formula is C10H9NO3. The summed E-state index contributed by atoms with van der Waals surface area (Å²) in [6.07, 6.45) is -0.857. The minimum atomic E-state index is -0.857. The van der Waals surface area contributed by atoms with Crippen molar-refractivity contribution in [2.45, 2.75) is 13.2 Å². The number of hydrogen-bond acceptors (Lipinski definition) is 4. The SMILES string of the molecule is CC(=O)OC1Nc2ccccc2C1=O. The summed E-state index contributed by atoms with van der Waals surface area (Å²) in [4.78, 5) is 22.3. The lowest BCUT2D eigenvalue weighted by molar-refractivity contribution is -0.143. The first-order valence-electron chi connectivity index (χ1n) is 4.25. The molecule has 4 heteroatoms. The Hall–Kier alpha value is -1.84. The summed E-state index contributed by atoms with van der Waals surface area (Å²) in [6.45, 7) is 1.28. The summed E-state index contributed by atoms with van der Waals surface area (Å²) in [6, 6.07) is 7.06. The zero-order valence-corrected chi connectivity index (χ0v) is 7.61. The standard InChI is InChI=1S/C10H9NO3/c1-6(12)14-10-9(13)7-4-2-3-5-8(7)11-10/h2-5,10-11H,1H3. The number of carbonyl (C=O) groups excluding carboxylic acids is 2. The topological polar surface area (TPSA) is 55.4 Å². The molecule has 0 saturated carbocycles. The van der Waals surface area contributed by atoms with Crippen LogP contribution in [0.5, 0.6) is 0 Å². The van der Waals surface area contributed by atoms with Gasteiger partial charge in [-0.05, 0) is 12.1 Å². The predicted molar refractivity (Wildman–Crippen MR) is 49.9 cm³/mol. The number of hydrogen-bond donors (Lipinski definition) is 1. The predicted octanol–water partition coefficient (Wildman–Crippen LogP) is 1.18. The fraction of sp³-hybridized carbons (Fsp3) is 0.200. The van der Waals surface area contributed by atoms with E-state index in [4.69, 9.17) is 4.74 Å². The van der Waals surface area contributed by atoms with Crippen LogP contribution in [0.4, 0.5) is 5.69 Å². The number of ketones is 1. The quantitative estimate of drug-likeness (QED) is 0.677. The molecule has 0 radical (unpaired) electrons. The molecule has 0 aliphatic carbocycles. The van der Waals surface area contributed by atoms with Crippen molar-refractivity contribution in [3.8, 4) is 0 Å². The Bertz CT molecular complexity index is 400. The molecule has 1 unspecified atom stereocenters. The Morgan fingerprint density at radius 3 is 2.79 bits per heavy atom. The number of rotatable bonds is 1. The van der Waals surface area contributed by atoms with Gasteiger partial charge in [-0.15, -0.1) is 0 Å². The van der Waals surface area contributed by atoms with Gasteiger partial charge in [0.15, 0.2) is 0 Å². The van der Waals surface area contributed by atoms with Crippen LogP contribution in [-0.2, 0) is 9.53 Å². The first kappa shape index (κ1) is 8.74. The molecule has 1 aliphatic rings. The lowest BCUT2D eigenvalue weighted by atomic mass is 10.1. The van der Waals surface area contributed by atoms with Gasteiger partial charge in [0.2, 0.25) is 12.0 Å². The highest BCUT2D eigenvalue weighted by Crippen LogP contribution is 2.25. The highest BCUT2D eigenvalue weighted by atomic mass is 16.6. The van der Waals surface area contributed by atoms with Crippen LogP contribution in [-0.4, -0.2) is 18.0 Å². The van der Waals surface area contributed by atoms with Crippen molar-refractivity contribution >= 4 is 17.4 Å². The first-order valence-corrected chi connectivity index (χ1v) is 4.25. The summed E-state index contributed by atoms with van der Waals surface area (Å²) in [7, 11) is 0. The third-order valence-electron chi connectivity index (χ3n) is 2.00. The Morgan fingerprint density at radius 2 is 2.14 bits per heavy atom. The molecule has 0 amide bonds. The van der Waals surface area contributed by atoms with Crippen molar-refractivity contribution in [2.24, 2.45) is 0 Å². The van der Waals surface area contributed by atoms with E-state index in [1.165, 1.54) is 6.92 Å². The molecule has 1 aromatic carbocycles. The summed E-state index contributed by atoms with van der Waals surface area (Å²) in [5, 5.41) is 2.82. The first-order chi connectivity index (χ1) is 6.68. The van der Waals surface area contributed by atoms with E-state index in [0.717, 1.165) is 0 Å². The maximum absolute atomic E-state index is 11.6. The third kappa shape index (κ3) is 1.35. The van der Waals surface area contributed by atoms with Crippen LogP contribution in [0.1, 0.15) is 17.3 Å². The number of para-hydroxylation sites is 1. The third-order valence-corrected chi connectivity index (χ3v) is 2.00. The molecule has 1 heterocycles. The summed E-state index contributed by atoms with van der Waals surface area (Å²) in [5.41, 5.74) is 1.28. The molecule has 14 heavy (non-hydrogen) atoms. The number of carbonyl (C=O) groups is 2. The van der Waals surface area contributed by atoms with Crippen molar-refractivity contribution in [2.75, 3.05) is 5.32 Å². The van der Waals surface area contributed by atoms with E-state index in [2.05, 4.69) is 5.32 Å². The molecule has 0 saturated heterocycles. The van der Waals surface area contributed by atoms with Gasteiger partial charge in [-0.3, -0.25) is 9.59 Å². The molecule has 0 spiro atoms. The normalized spacial score (nSPS) is 18.6. The van der Waals surface area contributed by atoms with Crippen molar-refractivity contribution in [3.63, 3.8) is 0 Å². The van der Waals surface area contributed by atoms with Crippen molar-refractivity contribution in [3.05, 3.63) is 29.8 Å². The molecule has 1 aliphatic heterocycles. The van der Waals surface area contributed by atoms with Crippen LogP contribution in [0, 0.1) is 0 Å². The van der Waals surface area contributed by atoms with Gasteiger partial charge in [0.1, 0.15) is 0 Å². The molecule has 1 aromatic rings. The molecule has 1 N–H and O–H groups in total. The second-order valence-electron chi connectivity index (χ2n) is 3.04. The second-order valence-corrected chi connectivity index (χ2v) is 3.04. The van der Waals surface area contributed by atoms with Crippen LogP contribution in [0.15, 0.2) is 24.3 Å². The minimum absolute atomic E-state index is 0.198. The Balaban J connectivity index is 2.26. The van der Waals surface area contributed by atoms with E-state index in [9.17, 15) is 9.59 Å². The van der Waals surface area contributed by atoms with E-state index < -0.39 is 12.2 Å². The van der Waals surface area contributed by atoms with E-state index >= 15 is 0 Å². The number of fused-ring (bicyclic) bond motifs is 1. The second kappa shape index (κ2) is 3.14. The van der Waals surface area contributed by atoms with Crippen LogP contribution in [0.3, 0.4) is 0 Å². The number of benzene rings is 1. The monoisotopic (exact) mass is 191 g/mol. The fourth-order valence-electron chi connectivity index (χ4n) is 1.42. The zero-order chi connectivity index (χ0) is 10.1. The molecule has 1 atom stereocenters. The fourth-order valence-corrected chi connectivity index (χ4v) is 1.42. The van der Waals surface area contributed by atoms with Gasteiger partial charge in [-0.2, -0.15) is 0 Å². The average Bonchev–Trinajstić information content (AvgIpc) is 2.44. The van der Waals surface area contributed by atoms with Crippen molar-refractivity contribution in [1.82, 2.24) is 0 Å². The van der Waals surface area contributed by atoms with Gasteiger partial charge in [-0.25, -0.2) is 0 Å². The van der Waals surface area contributed by atoms with Crippen LogP contribution >= 0.6 is 0 Å². The molecule has 0 aromatic heterocycles. The molecule has 72 valence electrons. The summed E-state index contributed by atoms with van der Waals surface area (Å²) < 4.78 is 4.81. The van der Waals surface area contributed by atoms with Gasteiger partial charge in [0.05, 0.1) is 0 Å². The minimum Gasteiger partial charge on any atom is -0.434 e. The Labute approximate surface area is 80.9 Å². The van der Waals surface area contributed by atoms with E-state index in [-0.39, 0.29) is 5.78 Å². The number of ether oxygens (including phenoxy) is 1. The lowest BCUT2D eigenvalue weighted by Crippen LogP contribution is -2.27. The van der Waals surface area contributed by atoms with Crippen LogP contribution in [0.2, 0.25) is 0 Å². The largest absolute Gasteiger partial charge is 0.434 e. The molecule has 2 rings (SSSR count). The molecule has 0 fully saturated rings.